The van der Waals surface area contributed by atoms with E-state index < -0.39 is 0 Å². The van der Waals surface area contributed by atoms with Gasteiger partial charge in [-0.3, -0.25) is 9.59 Å². The van der Waals surface area contributed by atoms with Gasteiger partial charge in [-0.1, -0.05) is 19.1 Å². The zero-order chi connectivity index (χ0) is 22.5. The maximum atomic E-state index is 12.8. The molecule has 3 aromatic rings. The highest BCUT2D eigenvalue weighted by Crippen LogP contribution is 2.25. The summed E-state index contributed by atoms with van der Waals surface area (Å²) in [6.45, 7) is 9.57. The smallest absolute Gasteiger partial charge is 0.265 e. The van der Waals surface area contributed by atoms with Crippen molar-refractivity contribution in [3.8, 4) is 0 Å². The summed E-state index contributed by atoms with van der Waals surface area (Å²) >= 11 is 1.38. The van der Waals surface area contributed by atoms with Crippen molar-refractivity contribution in [2.24, 2.45) is 0 Å². The summed E-state index contributed by atoms with van der Waals surface area (Å²) in [5.41, 5.74) is 4.21. The van der Waals surface area contributed by atoms with Crippen LogP contribution in [-0.2, 0) is 0 Å². The van der Waals surface area contributed by atoms with E-state index in [0.29, 0.717) is 16.1 Å². The Labute approximate surface area is 192 Å². The predicted octanol–water partition coefficient (Wildman–Crippen LogP) is 4.70. The third kappa shape index (κ3) is 5.18. The van der Waals surface area contributed by atoms with Crippen LogP contribution in [0.2, 0.25) is 0 Å². The van der Waals surface area contributed by atoms with Crippen molar-refractivity contribution in [2.45, 2.75) is 13.8 Å². The van der Waals surface area contributed by atoms with Crippen molar-refractivity contribution < 1.29 is 9.59 Å². The molecule has 2 amide bonds. The minimum Gasteiger partial charge on any atom is -0.369 e. The first-order valence-corrected chi connectivity index (χ1v) is 11.8. The molecular weight excluding hydrogens is 420 g/mol. The summed E-state index contributed by atoms with van der Waals surface area (Å²) in [6, 6.07) is 16.6. The van der Waals surface area contributed by atoms with Crippen LogP contribution in [0.5, 0.6) is 0 Å². The molecule has 2 N–H and O–H groups in total. The molecule has 0 unspecified atom stereocenters. The van der Waals surface area contributed by atoms with Gasteiger partial charge in [0.2, 0.25) is 0 Å². The Balaban J connectivity index is 1.40. The number of nitrogens with one attached hydrogen (secondary N) is 2. The van der Waals surface area contributed by atoms with Gasteiger partial charge in [-0.25, -0.2) is 0 Å². The van der Waals surface area contributed by atoms with Gasteiger partial charge in [-0.15, -0.1) is 11.3 Å². The van der Waals surface area contributed by atoms with E-state index in [2.05, 4.69) is 40.3 Å². The average molecular weight is 449 g/mol. The number of aryl methyl sites for hydroxylation is 1. The Bertz CT molecular complexity index is 1090. The van der Waals surface area contributed by atoms with Crippen LogP contribution in [0.3, 0.4) is 0 Å². The number of hydrogen-bond donors (Lipinski definition) is 2. The van der Waals surface area contributed by atoms with E-state index in [1.165, 1.54) is 17.0 Å². The Morgan fingerprint density at radius 3 is 2.34 bits per heavy atom. The molecule has 0 bridgehead atoms. The van der Waals surface area contributed by atoms with E-state index in [1.54, 1.807) is 30.3 Å². The van der Waals surface area contributed by atoms with Crippen molar-refractivity contribution in [3.05, 3.63) is 76.0 Å². The first-order valence-electron chi connectivity index (χ1n) is 10.9. The van der Waals surface area contributed by atoms with Gasteiger partial charge in [0.05, 0.1) is 4.88 Å². The fourth-order valence-corrected chi connectivity index (χ4v) is 4.55. The molecule has 0 spiro atoms. The normalized spacial score (nSPS) is 14.2. The van der Waals surface area contributed by atoms with Crippen LogP contribution in [0.25, 0.3) is 0 Å². The molecule has 0 saturated carbocycles. The zero-order valence-corrected chi connectivity index (χ0v) is 19.2. The summed E-state index contributed by atoms with van der Waals surface area (Å²) in [7, 11) is 0. The lowest BCUT2D eigenvalue weighted by Gasteiger charge is -2.36. The van der Waals surface area contributed by atoms with Gasteiger partial charge in [0.1, 0.15) is 0 Å². The summed E-state index contributed by atoms with van der Waals surface area (Å²) in [5.74, 6) is -0.385. The SMILES string of the molecule is CCN1CCN(c2ccc(NC(=O)c3cccc(NC(=O)c4cccs4)c3)cc2C)CC1. The average Bonchev–Trinajstić information content (AvgIpc) is 3.35. The number of hydrogen-bond acceptors (Lipinski definition) is 5. The summed E-state index contributed by atoms with van der Waals surface area (Å²) in [6.07, 6.45) is 0. The molecule has 2 heterocycles. The van der Waals surface area contributed by atoms with Crippen LogP contribution >= 0.6 is 11.3 Å². The maximum Gasteiger partial charge on any atom is 0.265 e. The zero-order valence-electron chi connectivity index (χ0n) is 18.4. The summed E-state index contributed by atoms with van der Waals surface area (Å²) in [4.78, 5) is 30.6. The highest BCUT2D eigenvalue weighted by Gasteiger charge is 2.18. The van der Waals surface area contributed by atoms with Crippen molar-refractivity contribution in [3.63, 3.8) is 0 Å². The first-order chi connectivity index (χ1) is 15.5. The molecule has 1 aromatic heterocycles. The second kappa shape index (κ2) is 9.97. The highest BCUT2D eigenvalue weighted by molar-refractivity contribution is 7.12. The minimum atomic E-state index is -0.207. The molecule has 1 saturated heterocycles. The molecular formula is C25H28N4O2S. The molecule has 1 aliphatic heterocycles. The van der Waals surface area contributed by atoms with E-state index in [9.17, 15) is 9.59 Å². The minimum absolute atomic E-state index is 0.177. The lowest BCUT2D eigenvalue weighted by molar-refractivity contribution is 0.101. The molecule has 32 heavy (non-hydrogen) atoms. The van der Waals surface area contributed by atoms with Gasteiger partial charge in [0, 0.05) is 48.8 Å². The Morgan fingerprint density at radius 1 is 0.906 bits per heavy atom. The number of carbonyl (C=O) groups is 2. The Hall–Kier alpha value is -3.16. The number of nitrogens with zero attached hydrogens (tertiary/aromatic N) is 2. The number of rotatable bonds is 6. The largest absolute Gasteiger partial charge is 0.369 e. The lowest BCUT2D eigenvalue weighted by atomic mass is 10.1. The summed E-state index contributed by atoms with van der Waals surface area (Å²) < 4.78 is 0. The molecule has 1 aliphatic rings. The fraction of sp³-hybridized carbons (Fsp3) is 0.280. The molecule has 1 fully saturated rings. The quantitative estimate of drug-likeness (QED) is 0.574. The van der Waals surface area contributed by atoms with Gasteiger partial charge in [-0.2, -0.15) is 0 Å². The monoisotopic (exact) mass is 448 g/mol. The number of amides is 2. The lowest BCUT2D eigenvalue weighted by Crippen LogP contribution is -2.46. The van der Waals surface area contributed by atoms with E-state index in [1.807, 2.05) is 23.6 Å². The van der Waals surface area contributed by atoms with Gasteiger partial charge < -0.3 is 20.4 Å². The molecule has 7 heteroatoms. The van der Waals surface area contributed by atoms with Gasteiger partial charge in [0.15, 0.2) is 0 Å². The third-order valence-electron chi connectivity index (χ3n) is 5.74. The van der Waals surface area contributed by atoms with Gasteiger partial charge in [-0.05, 0) is 66.9 Å². The molecule has 166 valence electrons. The maximum absolute atomic E-state index is 12.8. The number of anilines is 3. The van der Waals surface area contributed by atoms with Crippen LogP contribution in [0, 0.1) is 6.92 Å². The predicted molar refractivity (Wildman–Crippen MR) is 132 cm³/mol. The number of carbonyl (C=O) groups excluding carboxylic acids is 2. The topological polar surface area (TPSA) is 64.7 Å². The number of benzene rings is 2. The van der Waals surface area contributed by atoms with Gasteiger partial charge in [0.25, 0.3) is 11.8 Å². The van der Waals surface area contributed by atoms with Gasteiger partial charge >= 0.3 is 0 Å². The highest BCUT2D eigenvalue weighted by atomic mass is 32.1. The van der Waals surface area contributed by atoms with Crippen LogP contribution in [0.1, 0.15) is 32.5 Å². The second-order valence-electron chi connectivity index (χ2n) is 7.89. The van der Waals surface area contributed by atoms with Crippen molar-refractivity contribution in [1.29, 1.82) is 0 Å². The third-order valence-corrected chi connectivity index (χ3v) is 6.61. The van der Waals surface area contributed by atoms with Crippen LogP contribution < -0.4 is 15.5 Å². The van der Waals surface area contributed by atoms with E-state index >= 15 is 0 Å². The number of likely N-dealkylation sites (N-methyl/N-ethyl adjacent to an activating group) is 1. The van der Waals surface area contributed by atoms with E-state index in [-0.39, 0.29) is 11.8 Å². The standard InChI is InChI=1S/C25H28N4O2S/c1-3-28-11-13-29(14-12-28)22-10-9-21(16-18(22)2)26-24(30)19-6-4-7-20(17-19)27-25(31)23-8-5-15-32-23/h4-10,15-17H,3,11-14H2,1-2H3,(H,26,30)(H,27,31). The van der Waals surface area contributed by atoms with Crippen molar-refractivity contribution >= 4 is 40.2 Å². The first kappa shape index (κ1) is 22.0. The van der Waals surface area contributed by atoms with E-state index in [0.717, 1.165) is 44.0 Å². The number of piperazine rings is 1. The second-order valence-corrected chi connectivity index (χ2v) is 8.84. The number of thiophene rings is 1. The molecule has 6 nitrogen and oxygen atoms in total. The fourth-order valence-electron chi connectivity index (χ4n) is 3.93. The Morgan fingerprint density at radius 2 is 1.66 bits per heavy atom. The van der Waals surface area contributed by atoms with Crippen LogP contribution in [-0.4, -0.2) is 49.4 Å². The van der Waals surface area contributed by atoms with Crippen molar-refractivity contribution in [1.82, 2.24) is 4.90 Å². The molecule has 2 aromatic carbocycles. The molecule has 4 rings (SSSR count). The summed E-state index contributed by atoms with van der Waals surface area (Å²) in [5, 5.41) is 7.68. The Kier molecular flexibility index (Phi) is 6.87. The molecule has 0 radical (unpaired) electrons. The molecule has 0 atom stereocenters. The van der Waals surface area contributed by atoms with Crippen LogP contribution in [0.4, 0.5) is 17.1 Å². The molecule has 0 aliphatic carbocycles. The van der Waals surface area contributed by atoms with Crippen molar-refractivity contribution in [2.75, 3.05) is 48.3 Å². The van der Waals surface area contributed by atoms with E-state index in [4.69, 9.17) is 0 Å². The van der Waals surface area contributed by atoms with Crippen LogP contribution in [0.15, 0.2) is 60.0 Å².